The molecule has 0 saturated heterocycles. The average Bonchev–Trinajstić information content (AvgIpc) is 3.55. The SMILES string of the molecule is O=S(=O)(O)c1cccc(NC2C(Cl)C2Nc2cc(S(=O)(=O)O)cc3cc(S(=O)(=O)O)c(N=Nc4ccccc4S(=O)(=O)O)c(O)c23)c1. The van der Waals surface area contributed by atoms with Crippen molar-refractivity contribution in [3.05, 3.63) is 66.7 Å². The van der Waals surface area contributed by atoms with Gasteiger partial charge in [0, 0.05) is 16.8 Å². The van der Waals surface area contributed by atoms with E-state index in [2.05, 4.69) is 20.9 Å². The van der Waals surface area contributed by atoms with Crippen molar-refractivity contribution in [1.29, 1.82) is 0 Å². The second kappa shape index (κ2) is 11.9. The van der Waals surface area contributed by atoms with Gasteiger partial charge >= 0.3 is 0 Å². The van der Waals surface area contributed by atoms with Gasteiger partial charge in [-0.1, -0.05) is 18.2 Å². The summed E-state index contributed by atoms with van der Waals surface area (Å²) in [5.41, 5.74) is -1.41. The molecule has 0 amide bonds. The quantitative estimate of drug-likeness (QED) is 0.0689. The Hall–Kier alpha value is -3.93. The van der Waals surface area contributed by atoms with Gasteiger partial charge in [-0.2, -0.15) is 33.7 Å². The van der Waals surface area contributed by atoms with Crippen LogP contribution >= 0.6 is 11.6 Å². The minimum absolute atomic E-state index is 0.227. The minimum Gasteiger partial charge on any atom is -0.505 e. The van der Waals surface area contributed by atoms with Crippen LogP contribution in [0.4, 0.5) is 22.7 Å². The predicted molar refractivity (Wildman–Crippen MR) is 166 cm³/mol. The second-order valence-corrected chi connectivity index (χ2v) is 16.1. The molecule has 4 aromatic rings. The first-order chi connectivity index (χ1) is 21.7. The number of hydrogen-bond acceptors (Lipinski definition) is 13. The normalized spacial score (nSPS) is 18.8. The molecule has 3 atom stereocenters. The third-order valence-electron chi connectivity index (χ3n) is 6.82. The van der Waals surface area contributed by atoms with Crippen molar-refractivity contribution < 1.29 is 57.0 Å². The fourth-order valence-electron chi connectivity index (χ4n) is 4.61. The van der Waals surface area contributed by atoms with Gasteiger partial charge in [0.25, 0.3) is 40.5 Å². The number of nitrogens with zero attached hydrogens (tertiary/aromatic N) is 2. The number of alkyl halides is 1. The van der Waals surface area contributed by atoms with Gasteiger partial charge in [-0.05, 0) is 53.9 Å². The number of azo groups is 1. The number of nitrogens with one attached hydrogen (secondary N) is 2. The first kappa shape index (κ1) is 34.4. The summed E-state index contributed by atoms with van der Waals surface area (Å²) in [6, 6.07) is 10.7. The zero-order valence-corrected chi connectivity index (χ0v) is 27.0. The van der Waals surface area contributed by atoms with E-state index >= 15 is 0 Å². The molecule has 5 rings (SSSR count). The Bertz CT molecular complexity index is 2420. The number of phenolic OH excluding ortho intramolecular Hbond substituents is 1. The van der Waals surface area contributed by atoms with Gasteiger partial charge in [-0.15, -0.1) is 21.8 Å². The molecule has 1 fully saturated rings. The fraction of sp³-hybridized carbons (Fsp3) is 0.120. The Morgan fingerprint density at radius 2 is 1.26 bits per heavy atom. The number of fused-ring (bicyclic) bond motifs is 1. The lowest BCUT2D eigenvalue weighted by Crippen LogP contribution is -2.14. The van der Waals surface area contributed by atoms with Crippen LogP contribution in [0.25, 0.3) is 10.8 Å². The van der Waals surface area contributed by atoms with Crippen LogP contribution < -0.4 is 10.6 Å². The van der Waals surface area contributed by atoms with Crippen molar-refractivity contribution in [3.63, 3.8) is 0 Å². The molecule has 17 nitrogen and oxygen atoms in total. The van der Waals surface area contributed by atoms with Crippen LogP contribution in [0.1, 0.15) is 0 Å². The van der Waals surface area contributed by atoms with Crippen molar-refractivity contribution in [3.8, 4) is 5.75 Å². The molecule has 1 aliphatic rings. The molecule has 7 N–H and O–H groups in total. The van der Waals surface area contributed by atoms with Gasteiger partial charge < -0.3 is 15.7 Å². The minimum atomic E-state index is -5.23. The standard InChI is InChI=1S/C25H21ClN4O13S4/c26-21-23(27-13-4-3-5-14(10-13)44(32,33)34)24(21)28-17-11-15(45(35,36)37)8-12-9-19(47(41,42)43)22(25(31)20(12)17)30-29-16-6-1-2-7-18(16)46(38,39)40/h1-11,21,23-24,27-28,31H,(H,32,33,34)(H,35,36,37)(H,38,39,40)(H,41,42,43). The highest BCUT2D eigenvalue weighted by Crippen LogP contribution is 2.47. The highest BCUT2D eigenvalue weighted by Gasteiger charge is 2.50. The summed E-state index contributed by atoms with van der Waals surface area (Å²) in [4.78, 5) is -2.98. The molecular weight excluding hydrogens is 728 g/mol. The highest BCUT2D eigenvalue weighted by atomic mass is 35.5. The molecule has 0 aromatic heterocycles. The monoisotopic (exact) mass is 748 g/mol. The average molecular weight is 749 g/mol. The van der Waals surface area contributed by atoms with E-state index in [1.54, 1.807) is 0 Å². The van der Waals surface area contributed by atoms with Gasteiger partial charge in [0.1, 0.15) is 21.2 Å². The first-order valence-corrected chi connectivity index (χ1v) is 18.9. The second-order valence-electron chi connectivity index (χ2n) is 10.0. The van der Waals surface area contributed by atoms with Crippen LogP contribution in [0.2, 0.25) is 0 Å². The van der Waals surface area contributed by atoms with E-state index < -0.39 is 94.6 Å². The van der Waals surface area contributed by atoms with Crippen LogP contribution in [0.15, 0.2) is 96.5 Å². The lowest BCUT2D eigenvalue weighted by atomic mass is 10.1. The van der Waals surface area contributed by atoms with E-state index in [-0.39, 0.29) is 22.1 Å². The molecule has 22 heteroatoms. The number of benzene rings is 4. The van der Waals surface area contributed by atoms with Crippen molar-refractivity contribution in [2.45, 2.75) is 37.0 Å². The Labute approximate surface area is 271 Å². The summed E-state index contributed by atoms with van der Waals surface area (Å²) in [7, 11) is -19.5. The predicted octanol–water partition coefficient (Wildman–Crippen LogP) is 3.83. The van der Waals surface area contributed by atoms with Crippen LogP contribution in [0.3, 0.4) is 0 Å². The Morgan fingerprint density at radius 3 is 1.87 bits per heavy atom. The molecule has 1 saturated carbocycles. The van der Waals surface area contributed by atoms with Gasteiger partial charge in [0.15, 0.2) is 5.75 Å². The van der Waals surface area contributed by atoms with Gasteiger partial charge in [0.2, 0.25) is 0 Å². The highest BCUT2D eigenvalue weighted by molar-refractivity contribution is 7.86. The van der Waals surface area contributed by atoms with E-state index in [4.69, 9.17) is 11.6 Å². The summed E-state index contributed by atoms with van der Waals surface area (Å²) in [6.45, 7) is 0. The summed E-state index contributed by atoms with van der Waals surface area (Å²) in [5.74, 6) is -0.996. The van der Waals surface area contributed by atoms with Crippen LogP contribution in [0, 0.1) is 0 Å². The number of hydrogen-bond donors (Lipinski definition) is 7. The van der Waals surface area contributed by atoms with Gasteiger partial charge in [-0.3, -0.25) is 18.2 Å². The molecule has 47 heavy (non-hydrogen) atoms. The maximum atomic E-state index is 12.3. The van der Waals surface area contributed by atoms with E-state index in [1.165, 1.54) is 24.3 Å². The van der Waals surface area contributed by atoms with Crippen molar-refractivity contribution >= 4 is 85.6 Å². The molecule has 0 heterocycles. The molecule has 0 spiro atoms. The topological polar surface area (TPSA) is 286 Å². The van der Waals surface area contributed by atoms with Gasteiger partial charge in [-0.25, -0.2) is 0 Å². The van der Waals surface area contributed by atoms with E-state index in [1.807, 2.05) is 0 Å². The van der Waals surface area contributed by atoms with Crippen LogP contribution in [-0.2, 0) is 40.5 Å². The van der Waals surface area contributed by atoms with E-state index in [0.717, 1.165) is 42.5 Å². The third kappa shape index (κ3) is 7.32. The Balaban J connectivity index is 1.64. The number of phenols is 1. The van der Waals surface area contributed by atoms with Gasteiger partial charge in [0.05, 0.1) is 27.3 Å². The van der Waals surface area contributed by atoms with Crippen molar-refractivity contribution in [1.82, 2.24) is 0 Å². The Kier molecular flexibility index (Phi) is 8.75. The molecule has 3 unspecified atom stereocenters. The number of aromatic hydroxyl groups is 1. The summed E-state index contributed by atoms with van der Waals surface area (Å²) >= 11 is 6.42. The number of rotatable bonds is 10. The molecule has 0 aliphatic heterocycles. The summed E-state index contributed by atoms with van der Waals surface area (Å²) < 4.78 is 134. The molecule has 1 aliphatic carbocycles. The van der Waals surface area contributed by atoms with Crippen molar-refractivity contribution in [2.24, 2.45) is 10.2 Å². The number of halogens is 1. The van der Waals surface area contributed by atoms with Crippen molar-refractivity contribution in [2.75, 3.05) is 10.6 Å². The maximum absolute atomic E-state index is 12.3. The molecule has 4 aromatic carbocycles. The summed E-state index contributed by atoms with van der Waals surface area (Å²) in [6.07, 6.45) is 0. The Morgan fingerprint density at radius 1 is 0.638 bits per heavy atom. The smallest absolute Gasteiger partial charge is 0.296 e. The van der Waals surface area contributed by atoms with E-state index in [0.29, 0.717) is 0 Å². The molecule has 250 valence electrons. The molecular formula is C25H21ClN4O13S4. The van der Waals surface area contributed by atoms with Crippen LogP contribution in [-0.4, -0.2) is 74.4 Å². The lowest BCUT2D eigenvalue weighted by Gasteiger charge is -2.16. The van der Waals surface area contributed by atoms with Crippen LogP contribution in [0.5, 0.6) is 5.75 Å². The first-order valence-electron chi connectivity index (χ1n) is 12.7. The lowest BCUT2D eigenvalue weighted by molar-refractivity contribution is 0.472. The number of anilines is 2. The largest absolute Gasteiger partial charge is 0.505 e. The summed E-state index contributed by atoms with van der Waals surface area (Å²) in [5, 5.41) is 23.0. The van der Waals surface area contributed by atoms with E-state index in [9.17, 15) is 57.0 Å². The zero-order chi connectivity index (χ0) is 34.7. The fourth-order valence-corrected chi connectivity index (χ4v) is 7.31. The zero-order valence-electron chi connectivity index (χ0n) is 23.0. The molecule has 0 radical (unpaired) electrons. The molecule has 0 bridgehead atoms. The maximum Gasteiger partial charge on any atom is 0.296 e. The third-order valence-corrected chi connectivity index (χ3v) is 10.8.